The summed E-state index contributed by atoms with van der Waals surface area (Å²) in [6.45, 7) is 1.22. The molecule has 2 aromatic heterocycles. The second-order valence-electron chi connectivity index (χ2n) is 5.94. The highest BCUT2D eigenvalue weighted by Gasteiger charge is 2.30. The molecule has 0 bridgehead atoms. The summed E-state index contributed by atoms with van der Waals surface area (Å²) in [6.07, 6.45) is 1.82. The molecule has 7 nitrogen and oxygen atoms in total. The van der Waals surface area contributed by atoms with Gasteiger partial charge in [0.05, 0.1) is 5.92 Å². The first kappa shape index (κ1) is 15.1. The number of amides is 1. The van der Waals surface area contributed by atoms with Crippen molar-refractivity contribution < 1.29 is 9.21 Å². The Labute approximate surface area is 143 Å². The zero-order chi connectivity index (χ0) is 16.7. The monoisotopic (exact) mass is 345 g/mol. The summed E-state index contributed by atoms with van der Waals surface area (Å²) in [6, 6.07) is 7.68. The van der Waals surface area contributed by atoms with E-state index in [9.17, 15) is 4.79 Å². The number of benzene rings is 1. The van der Waals surface area contributed by atoms with E-state index in [2.05, 4.69) is 15.1 Å². The van der Waals surface area contributed by atoms with Gasteiger partial charge in [-0.05, 0) is 36.6 Å². The number of para-hydroxylation sites is 2. The maximum Gasteiger partial charge on any atom is 0.293 e. The van der Waals surface area contributed by atoms with Gasteiger partial charge in [0.1, 0.15) is 5.52 Å². The number of fused-ring (bicyclic) bond motifs is 1. The second kappa shape index (κ2) is 5.90. The van der Waals surface area contributed by atoms with Gasteiger partial charge in [-0.3, -0.25) is 4.79 Å². The molecule has 3 heterocycles. The number of carbonyl (C=O) groups excluding carboxylic acids is 1. The Morgan fingerprint density at radius 1 is 1.33 bits per heavy atom. The van der Waals surface area contributed by atoms with Crippen LogP contribution in [0.25, 0.3) is 11.1 Å². The minimum atomic E-state index is -0.210. The van der Waals surface area contributed by atoms with Crippen LogP contribution in [0.3, 0.4) is 0 Å². The smallest absolute Gasteiger partial charge is 0.293 e. The van der Waals surface area contributed by atoms with Crippen LogP contribution in [-0.4, -0.2) is 43.6 Å². The molecule has 0 saturated carbocycles. The topological polar surface area (TPSA) is 77.0 Å². The Morgan fingerprint density at radius 3 is 2.92 bits per heavy atom. The Bertz CT molecular complexity index is 850. The highest BCUT2D eigenvalue weighted by Crippen LogP contribution is 2.29. The summed E-state index contributed by atoms with van der Waals surface area (Å²) < 4.78 is 7.24. The van der Waals surface area contributed by atoms with E-state index in [1.54, 1.807) is 11.9 Å². The van der Waals surface area contributed by atoms with Crippen molar-refractivity contribution in [3.63, 3.8) is 0 Å². The van der Waals surface area contributed by atoms with E-state index >= 15 is 0 Å². The molecule has 1 amide bonds. The van der Waals surface area contributed by atoms with Crippen LogP contribution in [0.2, 0.25) is 5.28 Å². The standard InChI is InChI=1S/C16H16ClN5O2/c1-21-16(17)19-13(20-21)15(23)22-8-4-5-10(9-22)14-18-11-6-2-3-7-12(11)24-14/h2-3,6-7,10H,4-5,8-9H2,1H3. The fourth-order valence-electron chi connectivity index (χ4n) is 3.03. The molecule has 24 heavy (non-hydrogen) atoms. The van der Waals surface area contributed by atoms with Crippen molar-refractivity contribution in [2.24, 2.45) is 7.05 Å². The molecule has 1 aliphatic heterocycles. The van der Waals surface area contributed by atoms with Crippen molar-refractivity contribution >= 4 is 28.6 Å². The highest BCUT2D eigenvalue weighted by atomic mass is 35.5. The van der Waals surface area contributed by atoms with E-state index in [0.717, 1.165) is 23.9 Å². The van der Waals surface area contributed by atoms with Crippen molar-refractivity contribution in [1.29, 1.82) is 0 Å². The first-order chi connectivity index (χ1) is 11.6. The van der Waals surface area contributed by atoms with Crippen molar-refractivity contribution in [3.8, 4) is 0 Å². The number of carbonyl (C=O) groups is 1. The summed E-state index contributed by atoms with van der Waals surface area (Å²) in [5.74, 6) is 0.675. The summed E-state index contributed by atoms with van der Waals surface area (Å²) in [7, 11) is 1.66. The van der Waals surface area contributed by atoms with Gasteiger partial charge in [0.15, 0.2) is 11.5 Å². The van der Waals surface area contributed by atoms with Crippen LogP contribution in [-0.2, 0) is 7.05 Å². The number of oxazole rings is 1. The number of halogens is 1. The summed E-state index contributed by atoms with van der Waals surface area (Å²) in [5, 5.41) is 4.26. The molecule has 0 N–H and O–H groups in total. The molecule has 1 saturated heterocycles. The third-order valence-electron chi connectivity index (χ3n) is 4.27. The molecular formula is C16H16ClN5O2. The molecule has 0 radical (unpaired) electrons. The summed E-state index contributed by atoms with van der Waals surface area (Å²) in [4.78, 5) is 22.9. The normalized spacial score (nSPS) is 18.2. The van der Waals surface area contributed by atoms with Gasteiger partial charge in [0.25, 0.3) is 5.91 Å². The number of nitrogens with zero attached hydrogens (tertiary/aromatic N) is 5. The first-order valence-corrected chi connectivity index (χ1v) is 8.21. The van der Waals surface area contributed by atoms with Gasteiger partial charge in [0, 0.05) is 20.1 Å². The Kier molecular flexibility index (Phi) is 3.72. The molecule has 1 aliphatic rings. The van der Waals surface area contributed by atoms with Gasteiger partial charge in [0.2, 0.25) is 11.1 Å². The molecule has 3 aromatic rings. The van der Waals surface area contributed by atoms with Crippen molar-refractivity contribution in [2.45, 2.75) is 18.8 Å². The lowest BCUT2D eigenvalue weighted by atomic mass is 9.98. The van der Waals surface area contributed by atoms with Gasteiger partial charge in [-0.1, -0.05) is 12.1 Å². The molecule has 4 rings (SSSR count). The largest absolute Gasteiger partial charge is 0.440 e. The molecule has 1 atom stereocenters. The summed E-state index contributed by atoms with van der Waals surface area (Å²) in [5.41, 5.74) is 1.61. The van der Waals surface area contributed by atoms with Crippen molar-refractivity contribution in [2.75, 3.05) is 13.1 Å². The Hall–Kier alpha value is -2.41. The average molecular weight is 346 g/mol. The quantitative estimate of drug-likeness (QED) is 0.713. The van der Waals surface area contributed by atoms with Crippen LogP contribution in [0.4, 0.5) is 0 Å². The van der Waals surface area contributed by atoms with E-state index in [1.165, 1.54) is 4.68 Å². The minimum Gasteiger partial charge on any atom is -0.440 e. The molecule has 1 aromatic carbocycles. The van der Waals surface area contributed by atoms with E-state index in [-0.39, 0.29) is 22.9 Å². The van der Waals surface area contributed by atoms with Gasteiger partial charge in [-0.15, -0.1) is 5.10 Å². The Balaban J connectivity index is 1.55. The number of piperidine rings is 1. The van der Waals surface area contributed by atoms with Gasteiger partial charge in [-0.25, -0.2) is 9.67 Å². The third-order valence-corrected chi connectivity index (χ3v) is 4.60. The van der Waals surface area contributed by atoms with Gasteiger partial charge >= 0.3 is 0 Å². The fraction of sp³-hybridized carbons (Fsp3) is 0.375. The summed E-state index contributed by atoms with van der Waals surface area (Å²) >= 11 is 5.88. The van der Waals surface area contributed by atoms with Gasteiger partial charge in [-0.2, -0.15) is 4.98 Å². The van der Waals surface area contributed by atoms with Crippen LogP contribution >= 0.6 is 11.6 Å². The molecule has 1 unspecified atom stereocenters. The number of aromatic nitrogens is 4. The lowest BCUT2D eigenvalue weighted by Gasteiger charge is -2.30. The number of aryl methyl sites for hydroxylation is 1. The van der Waals surface area contributed by atoms with Crippen LogP contribution in [0.5, 0.6) is 0 Å². The van der Waals surface area contributed by atoms with Crippen molar-refractivity contribution in [1.82, 2.24) is 24.6 Å². The number of hydrogen-bond donors (Lipinski definition) is 0. The third kappa shape index (κ3) is 2.65. The van der Waals surface area contributed by atoms with E-state index in [1.807, 2.05) is 24.3 Å². The van der Waals surface area contributed by atoms with Crippen LogP contribution in [0.1, 0.15) is 35.3 Å². The van der Waals surface area contributed by atoms with Crippen molar-refractivity contribution in [3.05, 3.63) is 41.3 Å². The molecule has 0 spiro atoms. The fourth-order valence-corrected chi connectivity index (χ4v) is 3.14. The molecular weight excluding hydrogens is 330 g/mol. The van der Waals surface area contributed by atoms with E-state index in [0.29, 0.717) is 19.0 Å². The maximum atomic E-state index is 12.6. The SMILES string of the molecule is Cn1nc(C(=O)N2CCCC(c3nc4ccccc4o3)C2)nc1Cl. The van der Waals surface area contributed by atoms with Crippen LogP contribution in [0, 0.1) is 0 Å². The Morgan fingerprint density at radius 2 is 2.17 bits per heavy atom. The van der Waals surface area contributed by atoms with Crippen LogP contribution in [0.15, 0.2) is 28.7 Å². The number of likely N-dealkylation sites (tertiary alicyclic amines) is 1. The first-order valence-electron chi connectivity index (χ1n) is 7.83. The van der Waals surface area contributed by atoms with Crippen LogP contribution < -0.4 is 0 Å². The lowest BCUT2D eigenvalue weighted by molar-refractivity contribution is 0.0686. The molecule has 124 valence electrons. The zero-order valence-electron chi connectivity index (χ0n) is 13.1. The predicted octanol–water partition coefficient (Wildman–Crippen LogP) is 2.63. The zero-order valence-corrected chi connectivity index (χ0v) is 13.9. The predicted molar refractivity (Wildman–Crippen MR) is 87.9 cm³/mol. The maximum absolute atomic E-state index is 12.6. The number of hydrogen-bond acceptors (Lipinski definition) is 5. The molecule has 1 fully saturated rings. The van der Waals surface area contributed by atoms with Gasteiger partial charge < -0.3 is 9.32 Å². The second-order valence-corrected chi connectivity index (χ2v) is 6.28. The minimum absolute atomic E-state index is 0.0780. The lowest BCUT2D eigenvalue weighted by Crippen LogP contribution is -2.39. The molecule has 0 aliphatic carbocycles. The number of rotatable bonds is 2. The average Bonchev–Trinajstić information content (AvgIpc) is 3.18. The molecule has 8 heteroatoms. The highest BCUT2D eigenvalue weighted by molar-refractivity contribution is 6.28. The van der Waals surface area contributed by atoms with E-state index < -0.39 is 0 Å². The van der Waals surface area contributed by atoms with E-state index in [4.69, 9.17) is 16.0 Å².